The molecular formula is C21H18FN5O2. The number of aromatic nitrogens is 4. The number of rotatable bonds is 5. The predicted molar refractivity (Wildman–Crippen MR) is 106 cm³/mol. The molecule has 2 aromatic carbocycles. The molecule has 8 heteroatoms. The van der Waals surface area contributed by atoms with Crippen LogP contribution in [-0.4, -0.2) is 33.3 Å². The molecule has 146 valence electrons. The molecule has 0 bridgehead atoms. The SMILES string of the molecule is COc1ccc(-c2cnc(NCc3c(F)ccc4c3CCO4)n3ncnc23)cc1. The fourth-order valence-electron chi connectivity index (χ4n) is 3.59. The zero-order valence-corrected chi connectivity index (χ0v) is 15.7. The highest BCUT2D eigenvalue weighted by Crippen LogP contribution is 2.31. The number of halogens is 1. The highest BCUT2D eigenvalue weighted by atomic mass is 19.1. The molecule has 0 spiro atoms. The van der Waals surface area contributed by atoms with Crippen molar-refractivity contribution < 1.29 is 13.9 Å². The van der Waals surface area contributed by atoms with Crippen molar-refractivity contribution in [3.8, 4) is 22.6 Å². The molecule has 2 aromatic heterocycles. The van der Waals surface area contributed by atoms with Gasteiger partial charge in [-0.1, -0.05) is 12.1 Å². The normalized spacial score (nSPS) is 12.6. The maximum atomic E-state index is 14.4. The van der Waals surface area contributed by atoms with Crippen molar-refractivity contribution in [2.45, 2.75) is 13.0 Å². The number of benzene rings is 2. The summed E-state index contributed by atoms with van der Waals surface area (Å²) in [5.74, 6) is 1.76. The first-order chi connectivity index (χ1) is 14.2. The van der Waals surface area contributed by atoms with E-state index in [-0.39, 0.29) is 12.4 Å². The van der Waals surface area contributed by atoms with E-state index < -0.39 is 0 Å². The Morgan fingerprint density at radius 2 is 2.03 bits per heavy atom. The highest BCUT2D eigenvalue weighted by molar-refractivity contribution is 5.77. The Morgan fingerprint density at radius 1 is 1.17 bits per heavy atom. The molecule has 0 unspecified atom stereocenters. The Hall–Kier alpha value is -3.68. The summed E-state index contributed by atoms with van der Waals surface area (Å²) in [6.07, 6.45) is 3.92. The number of methoxy groups -OCH3 is 1. The van der Waals surface area contributed by atoms with E-state index >= 15 is 0 Å². The Balaban J connectivity index is 1.47. The third-order valence-electron chi connectivity index (χ3n) is 5.07. The van der Waals surface area contributed by atoms with E-state index in [1.165, 1.54) is 12.4 Å². The van der Waals surface area contributed by atoms with Crippen molar-refractivity contribution >= 4 is 11.6 Å². The average molecular weight is 391 g/mol. The minimum Gasteiger partial charge on any atom is -0.497 e. The van der Waals surface area contributed by atoms with Gasteiger partial charge in [0.1, 0.15) is 23.6 Å². The van der Waals surface area contributed by atoms with Gasteiger partial charge in [0.2, 0.25) is 5.95 Å². The molecule has 1 aliphatic heterocycles. The molecule has 0 saturated heterocycles. The van der Waals surface area contributed by atoms with Crippen LogP contribution in [0, 0.1) is 5.82 Å². The summed E-state index contributed by atoms with van der Waals surface area (Å²) >= 11 is 0. The van der Waals surface area contributed by atoms with Crippen LogP contribution in [-0.2, 0) is 13.0 Å². The molecule has 0 radical (unpaired) electrons. The molecule has 3 heterocycles. The highest BCUT2D eigenvalue weighted by Gasteiger charge is 2.20. The van der Waals surface area contributed by atoms with Crippen LogP contribution in [0.4, 0.5) is 10.3 Å². The molecule has 7 nitrogen and oxygen atoms in total. The Labute approximate surface area is 166 Å². The summed E-state index contributed by atoms with van der Waals surface area (Å²) in [6, 6.07) is 10.8. The number of fused-ring (bicyclic) bond motifs is 2. The third kappa shape index (κ3) is 3.02. The molecule has 0 atom stereocenters. The zero-order valence-electron chi connectivity index (χ0n) is 15.7. The van der Waals surface area contributed by atoms with Crippen molar-refractivity contribution in [3.63, 3.8) is 0 Å². The molecule has 0 fully saturated rings. The topological polar surface area (TPSA) is 73.6 Å². The second-order valence-corrected chi connectivity index (χ2v) is 6.67. The quantitative estimate of drug-likeness (QED) is 0.561. The van der Waals surface area contributed by atoms with Gasteiger partial charge in [-0.2, -0.15) is 9.61 Å². The maximum absolute atomic E-state index is 14.4. The number of hydrogen-bond donors (Lipinski definition) is 1. The van der Waals surface area contributed by atoms with E-state index in [1.807, 2.05) is 24.3 Å². The summed E-state index contributed by atoms with van der Waals surface area (Å²) < 4.78 is 26.8. The number of anilines is 1. The van der Waals surface area contributed by atoms with Gasteiger partial charge in [0.25, 0.3) is 0 Å². The number of nitrogens with one attached hydrogen (secondary N) is 1. The van der Waals surface area contributed by atoms with Gasteiger partial charge in [0.15, 0.2) is 5.65 Å². The summed E-state index contributed by atoms with van der Waals surface area (Å²) in [5, 5.41) is 7.47. The molecular weight excluding hydrogens is 373 g/mol. The fraction of sp³-hybridized carbons (Fsp3) is 0.190. The first-order valence-corrected chi connectivity index (χ1v) is 9.24. The third-order valence-corrected chi connectivity index (χ3v) is 5.07. The van der Waals surface area contributed by atoms with E-state index in [2.05, 4.69) is 20.4 Å². The number of ether oxygens (including phenoxy) is 2. The Bertz CT molecular complexity index is 1190. The van der Waals surface area contributed by atoms with Crippen molar-refractivity contribution in [3.05, 3.63) is 65.9 Å². The van der Waals surface area contributed by atoms with Gasteiger partial charge in [-0.3, -0.25) is 0 Å². The average Bonchev–Trinajstić information content (AvgIpc) is 3.43. The summed E-state index contributed by atoms with van der Waals surface area (Å²) in [7, 11) is 1.63. The van der Waals surface area contributed by atoms with Gasteiger partial charge in [-0.25, -0.2) is 14.4 Å². The number of hydrogen-bond acceptors (Lipinski definition) is 6. The van der Waals surface area contributed by atoms with Gasteiger partial charge in [0.05, 0.1) is 13.7 Å². The van der Waals surface area contributed by atoms with Crippen LogP contribution in [0.2, 0.25) is 0 Å². The lowest BCUT2D eigenvalue weighted by atomic mass is 10.0. The minimum absolute atomic E-state index is 0.258. The molecule has 1 aliphatic rings. The second kappa shape index (κ2) is 7.05. The van der Waals surface area contributed by atoms with Crippen LogP contribution in [0.15, 0.2) is 48.9 Å². The molecule has 0 saturated carbocycles. The van der Waals surface area contributed by atoms with E-state index in [9.17, 15) is 4.39 Å². The van der Waals surface area contributed by atoms with Crippen LogP contribution < -0.4 is 14.8 Å². The van der Waals surface area contributed by atoms with Gasteiger partial charge in [0, 0.05) is 35.9 Å². The molecule has 5 rings (SSSR count). The zero-order chi connectivity index (χ0) is 19.8. The monoisotopic (exact) mass is 391 g/mol. The first kappa shape index (κ1) is 17.4. The van der Waals surface area contributed by atoms with Gasteiger partial charge < -0.3 is 14.8 Å². The lowest BCUT2D eigenvalue weighted by Crippen LogP contribution is -2.10. The molecule has 4 aromatic rings. The second-order valence-electron chi connectivity index (χ2n) is 6.67. The van der Waals surface area contributed by atoms with Gasteiger partial charge >= 0.3 is 0 Å². The lowest BCUT2D eigenvalue weighted by molar-refractivity contribution is 0.356. The molecule has 29 heavy (non-hydrogen) atoms. The van der Waals surface area contributed by atoms with Crippen molar-refractivity contribution in [2.24, 2.45) is 0 Å². The summed E-state index contributed by atoms with van der Waals surface area (Å²) in [4.78, 5) is 8.88. The standard InChI is InChI=1S/C21H18FN5O2/c1-28-14-4-2-13(3-5-14)16-10-23-21(27-20(16)25-12-26-27)24-11-17-15-8-9-29-19(15)7-6-18(17)22/h2-7,10,12H,8-9,11H2,1H3,(H,23,24). The van der Waals surface area contributed by atoms with Gasteiger partial charge in [-0.15, -0.1) is 0 Å². The number of nitrogens with zero attached hydrogens (tertiary/aromatic N) is 4. The van der Waals surface area contributed by atoms with Crippen molar-refractivity contribution in [1.29, 1.82) is 0 Å². The van der Waals surface area contributed by atoms with Crippen LogP contribution in [0.3, 0.4) is 0 Å². The van der Waals surface area contributed by atoms with E-state index in [4.69, 9.17) is 9.47 Å². The predicted octanol–water partition coefficient (Wildman–Crippen LogP) is 3.49. The smallest absolute Gasteiger partial charge is 0.226 e. The Kier molecular flexibility index (Phi) is 4.23. The van der Waals surface area contributed by atoms with Gasteiger partial charge in [-0.05, 0) is 29.8 Å². The van der Waals surface area contributed by atoms with E-state index in [0.29, 0.717) is 30.2 Å². The lowest BCUT2D eigenvalue weighted by Gasteiger charge is -2.12. The van der Waals surface area contributed by atoms with Crippen LogP contribution >= 0.6 is 0 Å². The van der Waals surface area contributed by atoms with Crippen LogP contribution in [0.25, 0.3) is 16.8 Å². The maximum Gasteiger partial charge on any atom is 0.226 e. The van der Waals surface area contributed by atoms with E-state index in [1.54, 1.807) is 23.9 Å². The fourth-order valence-corrected chi connectivity index (χ4v) is 3.59. The summed E-state index contributed by atoms with van der Waals surface area (Å²) in [5.41, 5.74) is 3.95. The van der Waals surface area contributed by atoms with Crippen molar-refractivity contribution in [1.82, 2.24) is 19.6 Å². The largest absolute Gasteiger partial charge is 0.497 e. The molecule has 0 aliphatic carbocycles. The molecule has 0 amide bonds. The summed E-state index contributed by atoms with van der Waals surface area (Å²) in [6.45, 7) is 0.857. The Morgan fingerprint density at radius 3 is 2.86 bits per heavy atom. The first-order valence-electron chi connectivity index (χ1n) is 9.24. The van der Waals surface area contributed by atoms with E-state index in [0.717, 1.165) is 28.2 Å². The molecule has 1 N–H and O–H groups in total. The van der Waals surface area contributed by atoms with Crippen LogP contribution in [0.1, 0.15) is 11.1 Å². The van der Waals surface area contributed by atoms with Crippen molar-refractivity contribution in [2.75, 3.05) is 19.0 Å². The van der Waals surface area contributed by atoms with Crippen LogP contribution in [0.5, 0.6) is 11.5 Å². The minimum atomic E-state index is -0.258.